The SMILES string of the molecule is COc1cc(Cl)c(NC(=O)c2cc(Br)ccc2F)cc1OC. The predicted octanol–water partition coefficient (Wildman–Crippen LogP) is 4.51. The van der Waals surface area contributed by atoms with Gasteiger partial charge in [-0.25, -0.2) is 4.39 Å². The van der Waals surface area contributed by atoms with Gasteiger partial charge in [0.15, 0.2) is 11.5 Å². The summed E-state index contributed by atoms with van der Waals surface area (Å²) < 4.78 is 24.6. The van der Waals surface area contributed by atoms with Crippen molar-refractivity contribution in [3.8, 4) is 11.5 Å². The molecule has 0 aliphatic rings. The molecule has 2 aromatic rings. The van der Waals surface area contributed by atoms with Gasteiger partial charge in [0, 0.05) is 16.6 Å². The van der Waals surface area contributed by atoms with Gasteiger partial charge in [-0.05, 0) is 18.2 Å². The van der Waals surface area contributed by atoms with Crippen molar-refractivity contribution in [1.29, 1.82) is 0 Å². The number of anilines is 1. The van der Waals surface area contributed by atoms with Crippen LogP contribution >= 0.6 is 27.5 Å². The van der Waals surface area contributed by atoms with E-state index in [9.17, 15) is 9.18 Å². The molecule has 0 heterocycles. The molecule has 0 fully saturated rings. The number of carbonyl (C=O) groups excluding carboxylic acids is 1. The van der Waals surface area contributed by atoms with Gasteiger partial charge in [0.25, 0.3) is 5.91 Å². The Morgan fingerprint density at radius 3 is 2.45 bits per heavy atom. The van der Waals surface area contributed by atoms with Gasteiger partial charge in [0.1, 0.15) is 5.82 Å². The summed E-state index contributed by atoms with van der Waals surface area (Å²) in [7, 11) is 2.94. The molecule has 22 heavy (non-hydrogen) atoms. The summed E-state index contributed by atoms with van der Waals surface area (Å²) in [6, 6.07) is 7.12. The second-order valence-electron chi connectivity index (χ2n) is 4.27. The van der Waals surface area contributed by atoms with Crippen LogP contribution in [-0.4, -0.2) is 20.1 Å². The van der Waals surface area contributed by atoms with Gasteiger partial charge < -0.3 is 14.8 Å². The van der Waals surface area contributed by atoms with E-state index in [1.165, 1.54) is 44.6 Å². The first kappa shape index (κ1) is 16.6. The fourth-order valence-electron chi connectivity index (χ4n) is 1.81. The van der Waals surface area contributed by atoms with Crippen molar-refractivity contribution >= 4 is 39.1 Å². The lowest BCUT2D eigenvalue weighted by Gasteiger charge is -2.13. The minimum absolute atomic E-state index is 0.0970. The molecule has 2 aromatic carbocycles. The zero-order valence-corrected chi connectivity index (χ0v) is 14.1. The maximum atomic E-state index is 13.7. The third-order valence-electron chi connectivity index (χ3n) is 2.89. The first-order chi connectivity index (χ1) is 10.5. The van der Waals surface area contributed by atoms with Crippen molar-refractivity contribution < 1.29 is 18.7 Å². The third-order valence-corrected chi connectivity index (χ3v) is 3.70. The highest BCUT2D eigenvalue weighted by Gasteiger charge is 2.16. The molecule has 0 saturated heterocycles. The highest BCUT2D eigenvalue weighted by Crippen LogP contribution is 2.36. The fraction of sp³-hybridized carbons (Fsp3) is 0.133. The Morgan fingerprint density at radius 2 is 1.82 bits per heavy atom. The molecule has 0 aromatic heterocycles. The number of benzene rings is 2. The molecule has 0 spiro atoms. The summed E-state index contributed by atoms with van der Waals surface area (Å²) in [4.78, 5) is 12.2. The van der Waals surface area contributed by atoms with Crippen molar-refractivity contribution in [3.63, 3.8) is 0 Å². The highest BCUT2D eigenvalue weighted by atomic mass is 79.9. The van der Waals surface area contributed by atoms with Gasteiger partial charge in [-0.15, -0.1) is 0 Å². The molecule has 0 aliphatic heterocycles. The number of hydrogen-bond donors (Lipinski definition) is 1. The van der Waals surface area contributed by atoms with Crippen LogP contribution in [0.5, 0.6) is 11.5 Å². The quantitative estimate of drug-likeness (QED) is 0.838. The predicted molar refractivity (Wildman–Crippen MR) is 86.6 cm³/mol. The average molecular weight is 389 g/mol. The number of halogens is 3. The van der Waals surface area contributed by atoms with E-state index in [2.05, 4.69) is 21.2 Å². The summed E-state index contributed by atoms with van der Waals surface area (Å²) in [5.74, 6) is -0.415. The number of hydrogen-bond acceptors (Lipinski definition) is 3. The number of nitrogens with one attached hydrogen (secondary N) is 1. The molecule has 0 atom stereocenters. The Balaban J connectivity index is 2.34. The average Bonchev–Trinajstić information content (AvgIpc) is 2.51. The first-order valence-corrected chi connectivity index (χ1v) is 7.31. The van der Waals surface area contributed by atoms with Crippen molar-refractivity contribution in [2.75, 3.05) is 19.5 Å². The maximum Gasteiger partial charge on any atom is 0.258 e. The van der Waals surface area contributed by atoms with Crippen molar-refractivity contribution in [2.45, 2.75) is 0 Å². The molecular weight excluding hydrogens is 377 g/mol. The second kappa shape index (κ2) is 6.98. The van der Waals surface area contributed by atoms with Crippen LogP contribution in [0.25, 0.3) is 0 Å². The summed E-state index contributed by atoms with van der Waals surface area (Å²) in [6.07, 6.45) is 0. The van der Waals surface area contributed by atoms with Crippen molar-refractivity contribution in [2.24, 2.45) is 0 Å². The minimum atomic E-state index is -0.628. The van der Waals surface area contributed by atoms with Gasteiger partial charge in [-0.3, -0.25) is 4.79 Å². The molecule has 0 saturated carbocycles. The lowest BCUT2D eigenvalue weighted by Crippen LogP contribution is -2.14. The Labute approximate surface area is 140 Å². The molecule has 1 amide bonds. The van der Waals surface area contributed by atoms with Crippen molar-refractivity contribution in [3.05, 3.63) is 51.2 Å². The van der Waals surface area contributed by atoms with E-state index < -0.39 is 11.7 Å². The Hall–Kier alpha value is -1.79. The van der Waals surface area contributed by atoms with Crippen molar-refractivity contribution in [1.82, 2.24) is 0 Å². The maximum absolute atomic E-state index is 13.7. The van der Waals surface area contributed by atoms with E-state index in [1.54, 1.807) is 0 Å². The largest absolute Gasteiger partial charge is 0.493 e. The van der Waals surface area contributed by atoms with E-state index in [0.717, 1.165) is 0 Å². The standard InChI is InChI=1S/C15H12BrClFNO3/c1-21-13-6-10(17)12(7-14(13)22-2)19-15(20)9-5-8(16)3-4-11(9)18/h3-7H,1-2H3,(H,19,20). The van der Waals surface area contributed by atoms with E-state index in [4.69, 9.17) is 21.1 Å². The molecule has 0 bridgehead atoms. The van der Waals surface area contributed by atoms with Gasteiger partial charge in [-0.2, -0.15) is 0 Å². The molecule has 116 valence electrons. The number of amides is 1. The topological polar surface area (TPSA) is 47.6 Å². The molecule has 4 nitrogen and oxygen atoms in total. The van der Waals surface area contributed by atoms with Gasteiger partial charge in [-0.1, -0.05) is 27.5 Å². The van der Waals surface area contributed by atoms with Crippen LogP contribution < -0.4 is 14.8 Å². The molecule has 0 radical (unpaired) electrons. The number of carbonyl (C=O) groups is 1. The number of ether oxygens (including phenoxy) is 2. The lowest BCUT2D eigenvalue weighted by atomic mass is 10.2. The lowest BCUT2D eigenvalue weighted by molar-refractivity contribution is 0.102. The second-order valence-corrected chi connectivity index (χ2v) is 5.59. The smallest absolute Gasteiger partial charge is 0.258 e. The van der Waals surface area contributed by atoms with Crippen LogP contribution in [0.15, 0.2) is 34.8 Å². The van der Waals surface area contributed by atoms with Crippen LogP contribution in [0, 0.1) is 5.82 Å². The summed E-state index contributed by atoms with van der Waals surface area (Å²) in [5.41, 5.74) is 0.198. The Kier molecular flexibility index (Phi) is 5.26. The van der Waals surface area contributed by atoms with E-state index in [1.807, 2.05) is 0 Å². The van der Waals surface area contributed by atoms with Gasteiger partial charge >= 0.3 is 0 Å². The van der Waals surface area contributed by atoms with Crippen LogP contribution in [0.3, 0.4) is 0 Å². The van der Waals surface area contributed by atoms with E-state index >= 15 is 0 Å². The Morgan fingerprint density at radius 1 is 1.18 bits per heavy atom. The third kappa shape index (κ3) is 3.51. The van der Waals surface area contributed by atoms with Crippen LogP contribution in [-0.2, 0) is 0 Å². The van der Waals surface area contributed by atoms with Gasteiger partial charge in [0.05, 0.1) is 30.5 Å². The number of methoxy groups -OCH3 is 2. The normalized spacial score (nSPS) is 10.2. The summed E-state index contributed by atoms with van der Waals surface area (Å²) in [5, 5.41) is 2.80. The van der Waals surface area contributed by atoms with E-state index in [-0.39, 0.29) is 10.6 Å². The zero-order valence-electron chi connectivity index (χ0n) is 11.7. The monoisotopic (exact) mass is 387 g/mol. The number of rotatable bonds is 4. The summed E-state index contributed by atoms with van der Waals surface area (Å²) >= 11 is 9.28. The molecular formula is C15H12BrClFNO3. The molecule has 0 unspecified atom stereocenters. The van der Waals surface area contributed by atoms with E-state index in [0.29, 0.717) is 21.7 Å². The zero-order chi connectivity index (χ0) is 16.3. The van der Waals surface area contributed by atoms with Crippen LogP contribution in [0.2, 0.25) is 5.02 Å². The highest BCUT2D eigenvalue weighted by molar-refractivity contribution is 9.10. The molecule has 7 heteroatoms. The minimum Gasteiger partial charge on any atom is -0.493 e. The molecule has 0 aliphatic carbocycles. The Bertz CT molecular complexity index is 724. The fourth-order valence-corrected chi connectivity index (χ4v) is 2.37. The summed E-state index contributed by atoms with van der Waals surface area (Å²) in [6.45, 7) is 0. The van der Waals surface area contributed by atoms with Crippen LogP contribution in [0.4, 0.5) is 10.1 Å². The molecule has 1 N–H and O–H groups in total. The molecule has 2 rings (SSSR count). The van der Waals surface area contributed by atoms with Crippen LogP contribution in [0.1, 0.15) is 10.4 Å². The first-order valence-electron chi connectivity index (χ1n) is 6.14. The van der Waals surface area contributed by atoms with Gasteiger partial charge in [0.2, 0.25) is 0 Å².